The highest BCUT2D eigenvalue weighted by atomic mass is 32.1. The molecule has 3 N–H and O–H groups in total. The Morgan fingerprint density at radius 1 is 1.46 bits per heavy atom. The molecule has 0 aliphatic carbocycles. The molecule has 2 heterocycles. The molecule has 128 valence electrons. The zero-order valence-electron chi connectivity index (χ0n) is 13.6. The Hall–Kier alpha value is -2.16. The number of hydrogen-bond donors (Lipinski definition) is 2. The molecule has 1 fully saturated rings. The lowest BCUT2D eigenvalue weighted by atomic mass is 10.1. The maximum atomic E-state index is 5.58. The van der Waals surface area contributed by atoms with E-state index in [0.29, 0.717) is 10.9 Å². The second kappa shape index (κ2) is 8.09. The summed E-state index contributed by atoms with van der Waals surface area (Å²) < 4.78 is 10.9. The third kappa shape index (κ3) is 4.44. The van der Waals surface area contributed by atoms with Gasteiger partial charge in [0.25, 0.3) is 0 Å². The highest BCUT2D eigenvalue weighted by Crippen LogP contribution is 2.22. The van der Waals surface area contributed by atoms with Crippen LogP contribution in [0.5, 0.6) is 5.75 Å². The summed E-state index contributed by atoms with van der Waals surface area (Å²) in [6.07, 6.45) is 1.76. The maximum Gasteiger partial charge on any atom is 0.205 e. The fraction of sp³-hybridized carbons (Fsp3) is 0.375. The maximum absolute atomic E-state index is 5.58. The van der Waals surface area contributed by atoms with E-state index in [0.717, 1.165) is 49.7 Å². The number of hydrazone groups is 1. The van der Waals surface area contributed by atoms with Crippen molar-refractivity contribution in [3.63, 3.8) is 0 Å². The fourth-order valence-corrected chi connectivity index (χ4v) is 3.05. The number of nitrogens with two attached hydrogens (primary N) is 1. The number of nitrogens with one attached hydrogen (secondary N) is 1. The quantitative estimate of drug-likeness (QED) is 0.614. The number of aromatic nitrogens is 1. The lowest BCUT2D eigenvalue weighted by molar-refractivity contribution is 0.0339. The summed E-state index contributed by atoms with van der Waals surface area (Å²) in [6.45, 7) is 4.28. The second-order valence-electron chi connectivity index (χ2n) is 5.41. The van der Waals surface area contributed by atoms with E-state index in [4.69, 9.17) is 15.2 Å². The molecule has 8 heteroatoms. The van der Waals surface area contributed by atoms with Crippen molar-refractivity contribution < 1.29 is 9.47 Å². The van der Waals surface area contributed by atoms with Crippen molar-refractivity contribution in [2.24, 2.45) is 5.10 Å². The molecular weight excluding hydrogens is 326 g/mol. The first kappa shape index (κ1) is 16.7. The van der Waals surface area contributed by atoms with Crippen molar-refractivity contribution in [3.05, 3.63) is 34.7 Å². The van der Waals surface area contributed by atoms with Crippen LogP contribution in [-0.2, 0) is 11.3 Å². The molecule has 1 aliphatic rings. The number of methoxy groups -OCH3 is 1. The van der Waals surface area contributed by atoms with Crippen molar-refractivity contribution in [1.82, 2.24) is 9.88 Å². The summed E-state index contributed by atoms with van der Waals surface area (Å²) in [5.41, 5.74) is 10.6. The number of nitrogen functional groups attached to an aromatic ring is 1. The average Bonchev–Trinajstić information content (AvgIpc) is 3.01. The third-order valence-electron chi connectivity index (χ3n) is 3.70. The molecule has 24 heavy (non-hydrogen) atoms. The topological polar surface area (TPSA) is 85.0 Å². The minimum Gasteiger partial charge on any atom is -0.496 e. The molecule has 0 amide bonds. The number of nitrogens with zero attached hydrogens (tertiary/aromatic N) is 3. The summed E-state index contributed by atoms with van der Waals surface area (Å²) in [5.74, 6) is 1.38. The van der Waals surface area contributed by atoms with Crippen molar-refractivity contribution in [2.45, 2.75) is 6.54 Å². The minimum atomic E-state index is 0.495. The Bertz CT molecular complexity index is 698. The van der Waals surface area contributed by atoms with Crippen LogP contribution >= 0.6 is 11.3 Å². The standard InChI is InChI=1S/C16H21N5O2S/c1-22-14-3-2-12(9-18-20-16-19-15(17)11-24-16)8-13(14)10-21-4-6-23-7-5-21/h2-3,8-9,11H,4-7,10,17H2,1H3,(H,19,20). The van der Waals surface area contributed by atoms with E-state index >= 15 is 0 Å². The molecule has 3 rings (SSSR count). The molecule has 1 aromatic heterocycles. The average molecular weight is 347 g/mol. The fourth-order valence-electron chi connectivity index (χ4n) is 2.50. The van der Waals surface area contributed by atoms with Crippen molar-refractivity contribution in [3.8, 4) is 5.75 Å². The van der Waals surface area contributed by atoms with Gasteiger partial charge in [-0.15, -0.1) is 11.3 Å². The van der Waals surface area contributed by atoms with Gasteiger partial charge >= 0.3 is 0 Å². The van der Waals surface area contributed by atoms with Crippen LogP contribution in [0.3, 0.4) is 0 Å². The molecule has 7 nitrogen and oxygen atoms in total. The molecule has 1 aromatic carbocycles. The number of benzene rings is 1. The molecule has 1 saturated heterocycles. The highest BCUT2D eigenvalue weighted by molar-refractivity contribution is 7.14. The van der Waals surface area contributed by atoms with Gasteiger partial charge in [-0.1, -0.05) is 0 Å². The SMILES string of the molecule is COc1ccc(C=NNc2nc(N)cs2)cc1CN1CCOCC1. The third-order valence-corrected chi connectivity index (χ3v) is 4.46. The van der Waals surface area contributed by atoms with Crippen LogP contribution < -0.4 is 15.9 Å². The Kier molecular flexibility index (Phi) is 5.63. The summed E-state index contributed by atoms with van der Waals surface area (Å²) in [4.78, 5) is 6.46. The van der Waals surface area contributed by atoms with Gasteiger partial charge in [0.1, 0.15) is 11.6 Å². The minimum absolute atomic E-state index is 0.495. The Morgan fingerprint density at radius 3 is 3.00 bits per heavy atom. The first-order valence-corrected chi connectivity index (χ1v) is 8.59. The van der Waals surface area contributed by atoms with Crippen LogP contribution in [0.4, 0.5) is 10.9 Å². The van der Waals surface area contributed by atoms with Crippen LogP contribution in [0.15, 0.2) is 28.7 Å². The first-order valence-electron chi connectivity index (χ1n) is 7.71. The van der Waals surface area contributed by atoms with Gasteiger partial charge < -0.3 is 15.2 Å². The van der Waals surface area contributed by atoms with Gasteiger partial charge in [0.2, 0.25) is 5.13 Å². The van der Waals surface area contributed by atoms with Crippen molar-refractivity contribution in [1.29, 1.82) is 0 Å². The van der Waals surface area contributed by atoms with Crippen molar-refractivity contribution >= 4 is 28.5 Å². The van der Waals surface area contributed by atoms with E-state index in [9.17, 15) is 0 Å². The number of thiazole rings is 1. The lowest BCUT2D eigenvalue weighted by Gasteiger charge is -2.27. The molecule has 0 atom stereocenters. The number of hydrogen-bond acceptors (Lipinski definition) is 8. The van der Waals surface area contributed by atoms with Gasteiger partial charge in [-0.2, -0.15) is 5.10 Å². The van der Waals surface area contributed by atoms with E-state index in [2.05, 4.69) is 26.5 Å². The Labute approximate surface area is 145 Å². The molecule has 0 spiro atoms. The zero-order chi connectivity index (χ0) is 16.8. The molecule has 0 saturated carbocycles. The van der Waals surface area contributed by atoms with E-state index in [1.165, 1.54) is 11.3 Å². The van der Waals surface area contributed by atoms with Crippen molar-refractivity contribution in [2.75, 3.05) is 44.6 Å². The van der Waals surface area contributed by atoms with E-state index in [1.54, 1.807) is 18.7 Å². The largest absolute Gasteiger partial charge is 0.496 e. The first-order chi connectivity index (χ1) is 11.7. The van der Waals surface area contributed by atoms with Crippen LogP contribution in [0, 0.1) is 0 Å². The summed E-state index contributed by atoms with van der Waals surface area (Å²) in [5, 5.41) is 6.65. The van der Waals surface area contributed by atoms with Gasteiger partial charge in [-0.3, -0.25) is 10.3 Å². The number of anilines is 2. The van der Waals surface area contributed by atoms with Crippen LogP contribution in [0.25, 0.3) is 0 Å². The van der Waals surface area contributed by atoms with Gasteiger partial charge in [-0.05, 0) is 23.8 Å². The highest BCUT2D eigenvalue weighted by Gasteiger charge is 2.13. The smallest absolute Gasteiger partial charge is 0.205 e. The van der Waals surface area contributed by atoms with Gasteiger partial charge in [0.15, 0.2) is 0 Å². The molecule has 1 aliphatic heterocycles. The molecule has 0 radical (unpaired) electrons. The number of ether oxygens (including phenoxy) is 2. The number of rotatable bonds is 6. The number of morpholine rings is 1. The van der Waals surface area contributed by atoms with E-state index in [-0.39, 0.29) is 0 Å². The molecule has 2 aromatic rings. The normalized spacial score (nSPS) is 15.7. The second-order valence-corrected chi connectivity index (χ2v) is 6.27. The zero-order valence-corrected chi connectivity index (χ0v) is 14.4. The summed E-state index contributed by atoms with van der Waals surface area (Å²) >= 11 is 1.42. The summed E-state index contributed by atoms with van der Waals surface area (Å²) in [6, 6.07) is 6.04. The predicted molar refractivity (Wildman–Crippen MR) is 96.8 cm³/mol. The Balaban J connectivity index is 1.68. The molecule has 0 bridgehead atoms. The van der Waals surface area contributed by atoms with E-state index in [1.807, 2.05) is 12.1 Å². The molecule has 0 unspecified atom stereocenters. The van der Waals surface area contributed by atoms with Gasteiger partial charge in [0, 0.05) is 30.6 Å². The van der Waals surface area contributed by atoms with Crippen LogP contribution in [-0.4, -0.2) is 49.5 Å². The monoisotopic (exact) mass is 347 g/mol. The molecular formula is C16H21N5O2S. The van der Waals surface area contributed by atoms with Crippen LogP contribution in [0.1, 0.15) is 11.1 Å². The van der Waals surface area contributed by atoms with Crippen LogP contribution in [0.2, 0.25) is 0 Å². The van der Waals surface area contributed by atoms with E-state index < -0.39 is 0 Å². The van der Waals surface area contributed by atoms with Gasteiger partial charge in [-0.25, -0.2) is 4.98 Å². The lowest BCUT2D eigenvalue weighted by Crippen LogP contribution is -2.35. The van der Waals surface area contributed by atoms with Gasteiger partial charge in [0.05, 0.1) is 26.5 Å². The predicted octanol–water partition coefficient (Wildman–Crippen LogP) is 2.01. The summed E-state index contributed by atoms with van der Waals surface area (Å²) in [7, 11) is 1.69. The Morgan fingerprint density at radius 2 is 2.29 bits per heavy atom.